The average molecular weight is 359 g/mol. The van der Waals surface area contributed by atoms with Crippen LogP contribution in [0.4, 0.5) is 4.79 Å². The van der Waals surface area contributed by atoms with Crippen molar-refractivity contribution in [3.63, 3.8) is 0 Å². The van der Waals surface area contributed by atoms with Gasteiger partial charge in [-0.25, -0.2) is 4.79 Å². The summed E-state index contributed by atoms with van der Waals surface area (Å²) >= 11 is 6.06. The van der Waals surface area contributed by atoms with E-state index in [1.54, 1.807) is 24.3 Å². The molecule has 1 heterocycles. The van der Waals surface area contributed by atoms with Crippen LogP contribution in [-0.4, -0.2) is 34.5 Å². The molecule has 0 saturated carbocycles. The van der Waals surface area contributed by atoms with E-state index in [1.165, 1.54) is 0 Å². The number of carbonyl (C=O) groups excluding carboxylic acids is 2. The number of carbonyl (C=O) groups is 2. The van der Waals surface area contributed by atoms with Crippen molar-refractivity contribution in [3.05, 3.63) is 70.7 Å². The molecule has 2 N–H and O–H groups in total. The fourth-order valence-corrected chi connectivity index (χ4v) is 3.18. The lowest BCUT2D eigenvalue weighted by Gasteiger charge is -2.18. The molecule has 130 valence electrons. The molecule has 0 aliphatic carbocycles. The zero-order valence-electron chi connectivity index (χ0n) is 13.6. The Morgan fingerprint density at radius 3 is 2.48 bits per heavy atom. The van der Waals surface area contributed by atoms with Gasteiger partial charge in [0.1, 0.15) is 6.04 Å². The predicted octanol–water partition coefficient (Wildman–Crippen LogP) is 2.93. The van der Waals surface area contributed by atoms with Crippen molar-refractivity contribution in [2.45, 2.75) is 25.0 Å². The number of imide groups is 1. The molecule has 1 aliphatic heterocycles. The molecule has 2 unspecified atom stereocenters. The number of urea groups is 1. The van der Waals surface area contributed by atoms with Crippen LogP contribution in [0.1, 0.15) is 23.7 Å². The molecule has 0 spiro atoms. The molecule has 0 aromatic heterocycles. The van der Waals surface area contributed by atoms with Crippen LogP contribution in [-0.2, 0) is 11.2 Å². The predicted molar refractivity (Wildman–Crippen MR) is 95.2 cm³/mol. The van der Waals surface area contributed by atoms with E-state index in [4.69, 9.17) is 11.6 Å². The first-order valence-corrected chi connectivity index (χ1v) is 8.52. The standard InChI is InChI=1S/C19H19ClN2O3/c20-15-9-5-4-8-14(15)17(23)12-22-18(24)16(21-19(22)25)11-10-13-6-2-1-3-7-13/h1-9,16-17,23H,10-12H2,(H,21,25). The third kappa shape index (κ3) is 4.00. The average Bonchev–Trinajstić information content (AvgIpc) is 2.88. The van der Waals surface area contributed by atoms with E-state index in [1.807, 2.05) is 30.3 Å². The second-order valence-corrected chi connectivity index (χ2v) is 6.42. The Balaban J connectivity index is 1.62. The summed E-state index contributed by atoms with van der Waals surface area (Å²) in [6.45, 7) is -0.115. The van der Waals surface area contributed by atoms with Crippen molar-refractivity contribution in [1.29, 1.82) is 0 Å². The molecule has 3 rings (SSSR count). The molecule has 25 heavy (non-hydrogen) atoms. The van der Waals surface area contributed by atoms with Crippen molar-refractivity contribution in [1.82, 2.24) is 10.2 Å². The number of hydrogen-bond acceptors (Lipinski definition) is 3. The molecule has 1 saturated heterocycles. The lowest BCUT2D eigenvalue weighted by Crippen LogP contribution is -2.35. The largest absolute Gasteiger partial charge is 0.386 e. The summed E-state index contributed by atoms with van der Waals surface area (Å²) in [5.74, 6) is -0.313. The van der Waals surface area contributed by atoms with E-state index in [0.717, 1.165) is 10.5 Å². The summed E-state index contributed by atoms with van der Waals surface area (Å²) in [6.07, 6.45) is 0.197. The molecular weight excluding hydrogens is 340 g/mol. The zero-order valence-corrected chi connectivity index (χ0v) is 14.3. The molecule has 3 amide bonds. The number of aryl methyl sites for hydroxylation is 1. The van der Waals surface area contributed by atoms with Gasteiger partial charge in [0, 0.05) is 10.6 Å². The third-order valence-corrected chi connectivity index (χ3v) is 4.64. The molecule has 1 aliphatic rings. The van der Waals surface area contributed by atoms with Crippen LogP contribution in [0.3, 0.4) is 0 Å². The smallest absolute Gasteiger partial charge is 0.324 e. The maximum atomic E-state index is 12.5. The van der Waals surface area contributed by atoms with Gasteiger partial charge in [0.25, 0.3) is 5.91 Å². The Labute approximate surface area is 151 Å². The number of rotatable bonds is 6. The second-order valence-electron chi connectivity index (χ2n) is 6.01. The summed E-state index contributed by atoms with van der Waals surface area (Å²) in [6, 6.07) is 15.6. The maximum absolute atomic E-state index is 12.5. The molecule has 5 nitrogen and oxygen atoms in total. The van der Waals surface area contributed by atoms with Gasteiger partial charge >= 0.3 is 6.03 Å². The molecule has 2 aromatic carbocycles. The van der Waals surface area contributed by atoms with Gasteiger partial charge in [0.15, 0.2) is 0 Å². The Morgan fingerprint density at radius 1 is 1.08 bits per heavy atom. The van der Waals surface area contributed by atoms with E-state index in [-0.39, 0.29) is 12.5 Å². The van der Waals surface area contributed by atoms with E-state index in [9.17, 15) is 14.7 Å². The highest BCUT2D eigenvalue weighted by Crippen LogP contribution is 2.24. The number of hydrogen-bond donors (Lipinski definition) is 2. The van der Waals surface area contributed by atoms with Gasteiger partial charge in [-0.15, -0.1) is 0 Å². The minimum absolute atomic E-state index is 0.115. The fourth-order valence-electron chi connectivity index (χ4n) is 2.92. The molecule has 0 radical (unpaired) electrons. The van der Waals surface area contributed by atoms with Gasteiger partial charge in [-0.05, 0) is 24.5 Å². The van der Waals surface area contributed by atoms with Crippen LogP contribution in [0.15, 0.2) is 54.6 Å². The Hall–Kier alpha value is -2.37. The summed E-state index contributed by atoms with van der Waals surface area (Å²) in [7, 11) is 0. The first-order chi connectivity index (χ1) is 12.1. The topological polar surface area (TPSA) is 69.6 Å². The van der Waals surface area contributed by atoms with Crippen molar-refractivity contribution >= 4 is 23.5 Å². The lowest BCUT2D eigenvalue weighted by atomic mass is 10.0. The molecule has 2 aromatic rings. The summed E-state index contributed by atoms with van der Waals surface area (Å²) in [5.41, 5.74) is 1.61. The lowest BCUT2D eigenvalue weighted by molar-refractivity contribution is -0.128. The van der Waals surface area contributed by atoms with E-state index in [0.29, 0.717) is 23.4 Å². The molecule has 6 heteroatoms. The fraction of sp³-hybridized carbons (Fsp3) is 0.263. The second kappa shape index (κ2) is 7.68. The minimum atomic E-state index is -1.02. The number of aliphatic hydroxyl groups excluding tert-OH is 1. The normalized spacial score (nSPS) is 18.3. The van der Waals surface area contributed by atoms with Crippen molar-refractivity contribution < 1.29 is 14.7 Å². The first kappa shape index (κ1) is 17.5. The SMILES string of the molecule is O=C1NC(CCc2ccccc2)C(=O)N1CC(O)c1ccccc1Cl. The van der Waals surface area contributed by atoms with Gasteiger partial charge in [-0.1, -0.05) is 60.1 Å². The van der Waals surface area contributed by atoms with Crippen LogP contribution in [0, 0.1) is 0 Å². The van der Waals surface area contributed by atoms with Gasteiger partial charge in [-0.3, -0.25) is 9.69 Å². The Morgan fingerprint density at radius 2 is 1.76 bits per heavy atom. The molecule has 1 fully saturated rings. The highest BCUT2D eigenvalue weighted by atomic mass is 35.5. The monoisotopic (exact) mass is 358 g/mol. The van der Waals surface area contributed by atoms with Crippen LogP contribution in [0.2, 0.25) is 5.02 Å². The van der Waals surface area contributed by atoms with Crippen LogP contribution < -0.4 is 5.32 Å². The summed E-state index contributed by atoms with van der Waals surface area (Å²) in [4.78, 5) is 25.7. The first-order valence-electron chi connectivity index (χ1n) is 8.14. The Bertz CT molecular complexity index is 766. The summed E-state index contributed by atoms with van der Waals surface area (Å²) in [5, 5.41) is 13.4. The minimum Gasteiger partial charge on any atom is -0.386 e. The van der Waals surface area contributed by atoms with E-state index < -0.39 is 18.2 Å². The van der Waals surface area contributed by atoms with E-state index in [2.05, 4.69) is 5.32 Å². The number of amides is 3. The summed E-state index contributed by atoms with van der Waals surface area (Å²) < 4.78 is 0. The third-order valence-electron chi connectivity index (χ3n) is 4.29. The maximum Gasteiger partial charge on any atom is 0.324 e. The van der Waals surface area contributed by atoms with Crippen LogP contribution in [0.25, 0.3) is 0 Å². The van der Waals surface area contributed by atoms with Crippen molar-refractivity contribution in [2.75, 3.05) is 6.54 Å². The molecular formula is C19H19ClN2O3. The van der Waals surface area contributed by atoms with Gasteiger partial charge in [-0.2, -0.15) is 0 Å². The van der Waals surface area contributed by atoms with Crippen LogP contribution in [0.5, 0.6) is 0 Å². The van der Waals surface area contributed by atoms with Gasteiger partial charge < -0.3 is 10.4 Å². The number of benzene rings is 2. The number of aliphatic hydroxyl groups is 1. The Kier molecular flexibility index (Phi) is 5.36. The highest BCUT2D eigenvalue weighted by Gasteiger charge is 2.38. The number of halogens is 1. The number of nitrogens with one attached hydrogen (secondary N) is 1. The number of β-amino-alcohol motifs (C(OH)–C–C–N with tert-alkyl or cyclic N) is 1. The quantitative estimate of drug-likeness (QED) is 0.780. The van der Waals surface area contributed by atoms with Crippen molar-refractivity contribution in [2.24, 2.45) is 0 Å². The van der Waals surface area contributed by atoms with Crippen LogP contribution >= 0.6 is 11.6 Å². The number of nitrogens with zero attached hydrogens (tertiary/aromatic N) is 1. The van der Waals surface area contributed by atoms with Gasteiger partial charge in [0.2, 0.25) is 0 Å². The zero-order chi connectivity index (χ0) is 17.8. The van der Waals surface area contributed by atoms with Gasteiger partial charge in [0.05, 0.1) is 12.6 Å². The highest BCUT2D eigenvalue weighted by molar-refractivity contribution is 6.31. The van der Waals surface area contributed by atoms with Crippen molar-refractivity contribution in [3.8, 4) is 0 Å². The van der Waals surface area contributed by atoms with E-state index >= 15 is 0 Å². The molecule has 0 bridgehead atoms. The molecule has 2 atom stereocenters.